The lowest BCUT2D eigenvalue weighted by molar-refractivity contribution is 0.196. The highest BCUT2D eigenvalue weighted by Gasteiger charge is 2.26. The molecule has 12 heteroatoms. The normalized spacial score (nSPS) is 11.8. The molecule has 0 aliphatic carbocycles. The van der Waals surface area contributed by atoms with Crippen molar-refractivity contribution in [2.24, 2.45) is 5.73 Å². The summed E-state index contributed by atoms with van der Waals surface area (Å²) in [5.41, 5.74) is 13.2. The lowest BCUT2D eigenvalue weighted by Crippen LogP contribution is -2.18. The minimum atomic E-state index is -0.968. The van der Waals surface area contributed by atoms with Crippen LogP contribution in [0.1, 0.15) is 35.5 Å². The van der Waals surface area contributed by atoms with E-state index in [2.05, 4.69) is 20.4 Å². The fraction of sp³-hybridized carbons (Fsp3) is 0.200. The van der Waals surface area contributed by atoms with Crippen molar-refractivity contribution in [2.75, 3.05) is 24.3 Å². The number of nitrogens with one attached hydrogen (secondary N) is 3. The fourth-order valence-electron chi connectivity index (χ4n) is 3.76. The summed E-state index contributed by atoms with van der Waals surface area (Å²) in [5, 5.41) is 24.4. The predicted molar refractivity (Wildman–Crippen MR) is 138 cm³/mol. The third-order valence-corrected chi connectivity index (χ3v) is 5.63. The first-order valence-corrected chi connectivity index (χ1v) is 11.5. The van der Waals surface area contributed by atoms with Crippen molar-refractivity contribution in [3.05, 3.63) is 93.5 Å². The number of nitrogen functional groups attached to an aromatic ring is 2. The van der Waals surface area contributed by atoms with Gasteiger partial charge in [0.25, 0.3) is 0 Å². The lowest BCUT2D eigenvalue weighted by atomic mass is 10.00. The Balaban J connectivity index is 1.85. The molecule has 0 spiro atoms. The molecule has 0 aliphatic rings. The number of ether oxygens (including phenoxy) is 1. The minimum absolute atomic E-state index is 0.0297. The Morgan fingerprint density at radius 1 is 1.30 bits per heavy atom. The van der Waals surface area contributed by atoms with Crippen LogP contribution in [0.5, 0.6) is 5.75 Å². The van der Waals surface area contributed by atoms with E-state index in [9.17, 15) is 4.79 Å². The average molecular weight is 507 g/mol. The van der Waals surface area contributed by atoms with Gasteiger partial charge in [0.2, 0.25) is 0 Å². The first kappa shape index (κ1) is 25.4. The summed E-state index contributed by atoms with van der Waals surface area (Å²) < 4.78 is 22.2. The molecule has 2 aromatic carbocycles. The maximum absolute atomic E-state index is 15.8. The summed E-state index contributed by atoms with van der Waals surface area (Å²) >= 11 is 0. The molecule has 4 aromatic rings. The molecule has 4 rings (SSSR count). The second kappa shape index (κ2) is 10.9. The van der Waals surface area contributed by atoms with Crippen molar-refractivity contribution in [3.8, 4) is 11.6 Å². The molecule has 0 saturated heterocycles. The number of rotatable bonds is 10. The van der Waals surface area contributed by atoms with Crippen LogP contribution in [0.15, 0.2) is 59.5 Å². The molecular formula is C25H27FN8O3. The molecule has 37 heavy (non-hydrogen) atoms. The Hall–Kier alpha value is -4.71. The quantitative estimate of drug-likeness (QED) is 0.140. The van der Waals surface area contributed by atoms with Gasteiger partial charge in [-0.1, -0.05) is 13.0 Å². The van der Waals surface area contributed by atoms with Crippen LogP contribution in [-0.4, -0.2) is 43.9 Å². The van der Waals surface area contributed by atoms with Gasteiger partial charge in [0, 0.05) is 23.0 Å². The number of aliphatic hydroxyl groups excluding tert-OH is 1. The minimum Gasteiger partial charge on any atom is -0.488 e. The van der Waals surface area contributed by atoms with Crippen LogP contribution in [0.4, 0.5) is 15.8 Å². The number of aromatic amines is 1. The maximum atomic E-state index is 15.8. The zero-order valence-electron chi connectivity index (χ0n) is 20.0. The third-order valence-electron chi connectivity index (χ3n) is 5.63. The summed E-state index contributed by atoms with van der Waals surface area (Å²) in [4.78, 5) is 19.7. The van der Waals surface area contributed by atoms with Crippen molar-refractivity contribution in [1.29, 1.82) is 5.41 Å². The highest BCUT2D eigenvalue weighted by molar-refractivity contribution is 5.95. The Morgan fingerprint density at radius 3 is 2.70 bits per heavy atom. The summed E-state index contributed by atoms with van der Waals surface area (Å²) in [6.07, 6.45) is 2.06. The number of aryl methyl sites for hydroxylation is 1. The molecule has 0 amide bonds. The molecule has 1 unspecified atom stereocenters. The number of hydrogen-bond donors (Lipinski definition) is 6. The zero-order valence-corrected chi connectivity index (χ0v) is 20.0. The topological polar surface area (TPSA) is 181 Å². The maximum Gasteiger partial charge on any atom is 0.349 e. The standard InChI is InChI=1S/C25H27FN8O3/c1-2-14-12-17(20(26)19(13-14)37-11-10-35)21(31-16-7-5-15(6-8-16)22(28)29)23-32-25(36)34(33-23)24-18(27)4-3-9-30-24/h3-9,12-13,21,31,35H,2,10-11,27H2,1H3,(H3,28,29)(H,32,33,36). The number of benzene rings is 2. The number of anilines is 2. The molecule has 192 valence electrons. The predicted octanol–water partition coefficient (Wildman–Crippen LogP) is 2.10. The molecule has 11 nitrogen and oxygen atoms in total. The number of nitrogens with zero attached hydrogens (tertiary/aromatic N) is 3. The second-order valence-corrected chi connectivity index (χ2v) is 8.13. The summed E-state index contributed by atoms with van der Waals surface area (Å²) in [5.74, 6) is -0.555. The number of H-pyrrole nitrogens is 1. The van der Waals surface area contributed by atoms with Crippen molar-refractivity contribution in [2.45, 2.75) is 19.4 Å². The van der Waals surface area contributed by atoms with Crippen molar-refractivity contribution >= 4 is 17.2 Å². The van der Waals surface area contributed by atoms with Crippen molar-refractivity contribution < 1.29 is 14.2 Å². The van der Waals surface area contributed by atoms with E-state index in [-0.39, 0.29) is 47.7 Å². The number of hydrogen-bond acceptors (Lipinski definition) is 8. The average Bonchev–Trinajstić information content (AvgIpc) is 3.28. The molecular weight excluding hydrogens is 479 g/mol. The van der Waals surface area contributed by atoms with Gasteiger partial charge in [-0.05, 0) is 54.4 Å². The van der Waals surface area contributed by atoms with E-state index >= 15 is 4.39 Å². The highest BCUT2D eigenvalue weighted by atomic mass is 19.1. The Labute approximate surface area is 211 Å². The smallest absolute Gasteiger partial charge is 0.349 e. The van der Waals surface area contributed by atoms with Crippen molar-refractivity contribution in [3.63, 3.8) is 0 Å². The third kappa shape index (κ3) is 5.43. The summed E-state index contributed by atoms with van der Waals surface area (Å²) in [6.45, 7) is 1.55. The molecule has 2 heterocycles. The molecule has 2 aromatic heterocycles. The van der Waals surface area contributed by atoms with Crippen LogP contribution >= 0.6 is 0 Å². The zero-order chi connectivity index (χ0) is 26.5. The SMILES string of the molecule is CCc1cc(OCCO)c(F)c(C(Nc2ccc(C(=N)N)cc2)c2nn(-c3ncccc3N)c(=O)[nH]2)c1. The van der Waals surface area contributed by atoms with Gasteiger partial charge in [0.05, 0.1) is 12.3 Å². The first-order valence-electron chi connectivity index (χ1n) is 11.5. The lowest BCUT2D eigenvalue weighted by Gasteiger charge is -2.21. The van der Waals surface area contributed by atoms with Gasteiger partial charge in [0.15, 0.2) is 23.2 Å². The first-order chi connectivity index (χ1) is 17.8. The van der Waals surface area contributed by atoms with Gasteiger partial charge >= 0.3 is 5.69 Å². The monoisotopic (exact) mass is 506 g/mol. The van der Waals surface area contributed by atoms with E-state index in [1.54, 1.807) is 48.5 Å². The Kier molecular flexibility index (Phi) is 7.49. The second-order valence-electron chi connectivity index (χ2n) is 8.13. The van der Waals surface area contributed by atoms with Crippen LogP contribution in [0.2, 0.25) is 0 Å². The van der Waals surface area contributed by atoms with Crippen LogP contribution in [0.25, 0.3) is 5.82 Å². The number of nitrogens with two attached hydrogens (primary N) is 2. The number of aliphatic hydroxyl groups is 1. The van der Waals surface area contributed by atoms with Crippen LogP contribution in [0, 0.1) is 11.2 Å². The van der Waals surface area contributed by atoms with E-state index in [4.69, 9.17) is 26.7 Å². The summed E-state index contributed by atoms with van der Waals surface area (Å²) in [6, 6.07) is 12.1. The Morgan fingerprint density at radius 2 is 2.05 bits per heavy atom. The summed E-state index contributed by atoms with van der Waals surface area (Å²) in [7, 11) is 0. The fourth-order valence-corrected chi connectivity index (χ4v) is 3.76. The van der Waals surface area contributed by atoms with Gasteiger partial charge in [0.1, 0.15) is 18.5 Å². The molecule has 8 N–H and O–H groups in total. The van der Waals surface area contributed by atoms with E-state index in [0.717, 1.165) is 10.2 Å². The number of pyridine rings is 1. The number of amidine groups is 1. The number of halogens is 1. The molecule has 0 radical (unpaired) electrons. The van der Waals surface area contributed by atoms with Gasteiger partial charge in [-0.2, -0.15) is 4.68 Å². The highest BCUT2D eigenvalue weighted by Crippen LogP contribution is 2.33. The van der Waals surface area contributed by atoms with Gasteiger partial charge in [-0.3, -0.25) is 10.4 Å². The molecule has 0 saturated carbocycles. The van der Waals surface area contributed by atoms with E-state index < -0.39 is 17.5 Å². The largest absolute Gasteiger partial charge is 0.488 e. The molecule has 0 fully saturated rings. The van der Waals surface area contributed by atoms with Gasteiger partial charge in [-0.15, -0.1) is 5.10 Å². The van der Waals surface area contributed by atoms with Crippen LogP contribution in [-0.2, 0) is 6.42 Å². The van der Waals surface area contributed by atoms with Crippen LogP contribution in [0.3, 0.4) is 0 Å². The molecule has 0 aliphatic heterocycles. The number of aromatic nitrogens is 4. The Bertz CT molecular complexity index is 1470. The van der Waals surface area contributed by atoms with Crippen LogP contribution < -0.4 is 27.2 Å². The van der Waals surface area contributed by atoms with E-state index in [0.29, 0.717) is 17.7 Å². The van der Waals surface area contributed by atoms with Gasteiger partial charge in [-0.25, -0.2) is 14.2 Å². The van der Waals surface area contributed by atoms with E-state index in [1.165, 1.54) is 6.20 Å². The van der Waals surface area contributed by atoms with Gasteiger partial charge < -0.3 is 26.6 Å². The van der Waals surface area contributed by atoms with E-state index in [1.807, 2.05) is 6.92 Å². The molecule has 0 bridgehead atoms. The van der Waals surface area contributed by atoms with Crippen molar-refractivity contribution in [1.82, 2.24) is 19.7 Å². The molecule has 1 atom stereocenters.